The fourth-order valence-corrected chi connectivity index (χ4v) is 3.33. The van der Waals surface area contributed by atoms with E-state index < -0.39 is 0 Å². The number of rotatable bonds is 6. The fraction of sp³-hybridized carbons (Fsp3) is 0.400. The van der Waals surface area contributed by atoms with Gasteiger partial charge in [-0.05, 0) is 24.8 Å². The number of amides is 3. The summed E-state index contributed by atoms with van der Waals surface area (Å²) in [4.78, 5) is 37.8. The molecule has 0 radical (unpaired) electrons. The van der Waals surface area contributed by atoms with E-state index in [2.05, 4.69) is 10.4 Å². The van der Waals surface area contributed by atoms with Crippen LogP contribution in [0.3, 0.4) is 0 Å². The van der Waals surface area contributed by atoms with Crippen LogP contribution in [0.1, 0.15) is 35.3 Å². The summed E-state index contributed by atoms with van der Waals surface area (Å²) in [6.07, 6.45) is 2.12. The summed E-state index contributed by atoms with van der Waals surface area (Å²) >= 11 is 0. The molecule has 0 saturated carbocycles. The molecule has 3 rings (SSSR count). The highest BCUT2D eigenvalue weighted by Gasteiger charge is 2.28. The maximum Gasteiger partial charge on any atom is 0.274 e. The van der Waals surface area contributed by atoms with Crippen molar-refractivity contribution in [1.82, 2.24) is 14.7 Å². The average molecular weight is 383 g/mol. The summed E-state index contributed by atoms with van der Waals surface area (Å²) in [7, 11) is 1.68. The van der Waals surface area contributed by atoms with E-state index in [9.17, 15) is 14.4 Å². The maximum atomic E-state index is 12.7. The normalized spacial score (nSPS) is 14.7. The predicted molar refractivity (Wildman–Crippen MR) is 104 cm³/mol. The SMILES string of the molecule is Cn1nc(C(=O)N2CCC(C(N)=O)CC2)cc1NC(=O)CCc1ccccc1. The minimum Gasteiger partial charge on any atom is -0.369 e. The third-order valence-electron chi connectivity index (χ3n) is 5.03. The van der Waals surface area contributed by atoms with Crippen LogP contribution in [-0.2, 0) is 23.1 Å². The largest absolute Gasteiger partial charge is 0.369 e. The smallest absolute Gasteiger partial charge is 0.274 e. The number of likely N-dealkylation sites (tertiary alicyclic amines) is 1. The van der Waals surface area contributed by atoms with E-state index in [4.69, 9.17) is 5.73 Å². The Labute approximate surface area is 163 Å². The van der Waals surface area contributed by atoms with Crippen molar-refractivity contribution >= 4 is 23.5 Å². The van der Waals surface area contributed by atoms with Crippen molar-refractivity contribution < 1.29 is 14.4 Å². The molecule has 1 aliphatic heterocycles. The van der Waals surface area contributed by atoms with E-state index in [1.54, 1.807) is 18.0 Å². The van der Waals surface area contributed by atoms with Crippen molar-refractivity contribution in [2.75, 3.05) is 18.4 Å². The third kappa shape index (κ3) is 4.76. The van der Waals surface area contributed by atoms with Crippen LogP contribution in [0.4, 0.5) is 5.82 Å². The lowest BCUT2D eigenvalue weighted by Crippen LogP contribution is -2.41. The Balaban J connectivity index is 1.56. The van der Waals surface area contributed by atoms with Crippen LogP contribution >= 0.6 is 0 Å². The topological polar surface area (TPSA) is 110 Å². The van der Waals surface area contributed by atoms with Gasteiger partial charge in [0.2, 0.25) is 11.8 Å². The van der Waals surface area contributed by atoms with E-state index in [-0.39, 0.29) is 29.3 Å². The summed E-state index contributed by atoms with van der Waals surface area (Å²) in [5.41, 5.74) is 6.70. The first kappa shape index (κ1) is 19.6. The first-order chi connectivity index (χ1) is 13.4. The number of carbonyl (C=O) groups is 3. The molecule has 8 heteroatoms. The van der Waals surface area contributed by atoms with E-state index in [0.29, 0.717) is 44.6 Å². The summed E-state index contributed by atoms with van der Waals surface area (Å²) in [5.74, 6) is -0.345. The van der Waals surface area contributed by atoms with Crippen LogP contribution in [0.25, 0.3) is 0 Å². The number of primary amides is 1. The van der Waals surface area contributed by atoms with Crippen LogP contribution < -0.4 is 11.1 Å². The number of carbonyl (C=O) groups excluding carboxylic acids is 3. The zero-order valence-corrected chi connectivity index (χ0v) is 15.9. The molecule has 148 valence electrons. The molecule has 0 atom stereocenters. The van der Waals surface area contributed by atoms with Gasteiger partial charge in [-0.3, -0.25) is 19.1 Å². The molecular formula is C20H25N5O3. The molecule has 8 nitrogen and oxygen atoms in total. The van der Waals surface area contributed by atoms with Gasteiger partial charge in [-0.15, -0.1) is 0 Å². The quantitative estimate of drug-likeness (QED) is 0.784. The number of nitrogens with zero attached hydrogens (tertiary/aromatic N) is 3. The van der Waals surface area contributed by atoms with Gasteiger partial charge in [-0.2, -0.15) is 5.10 Å². The van der Waals surface area contributed by atoms with Gasteiger partial charge in [0, 0.05) is 38.5 Å². The van der Waals surface area contributed by atoms with Crippen LogP contribution in [0, 0.1) is 5.92 Å². The lowest BCUT2D eigenvalue weighted by molar-refractivity contribution is -0.123. The first-order valence-corrected chi connectivity index (χ1v) is 9.40. The molecular weight excluding hydrogens is 358 g/mol. The summed E-state index contributed by atoms with van der Waals surface area (Å²) < 4.78 is 1.49. The molecule has 28 heavy (non-hydrogen) atoms. The lowest BCUT2D eigenvalue weighted by Gasteiger charge is -2.29. The second kappa shape index (κ2) is 8.69. The molecule has 1 saturated heterocycles. The summed E-state index contributed by atoms with van der Waals surface area (Å²) in [6.45, 7) is 0.948. The standard InChI is InChI=1S/C20H25N5O3/c1-24-17(22-18(26)8-7-14-5-3-2-4-6-14)13-16(23-24)20(28)25-11-9-15(10-12-25)19(21)27/h2-6,13,15H,7-12H2,1H3,(H2,21,27)(H,22,26). The van der Waals surface area contributed by atoms with Gasteiger partial charge in [-0.25, -0.2) is 0 Å². The Kier molecular flexibility index (Phi) is 6.08. The second-order valence-corrected chi connectivity index (χ2v) is 7.04. The van der Waals surface area contributed by atoms with Crippen molar-refractivity contribution in [3.63, 3.8) is 0 Å². The Hall–Kier alpha value is -3.16. The molecule has 0 unspecified atom stereocenters. The number of nitrogens with one attached hydrogen (secondary N) is 1. The number of nitrogens with two attached hydrogens (primary N) is 1. The average Bonchev–Trinajstić information content (AvgIpc) is 3.07. The number of aromatic nitrogens is 2. The van der Waals surface area contributed by atoms with Crippen LogP contribution in [-0.4, -0.2) is 45.5 Å². The Morgan fingerprint density at radius 3 is 2.50 bits per heavy atom. The second-order valence-electron chi connectivity index (χ2n) is 7.04. The van der Waals surface area contributed by atoms with Crippen molar-refractivity contribution in [3.05, 3.63) is 47.7 Å². The lowest BCUT2D eigenvalue weighted by atomic mass is 9.96. The highest BCUT2D eigenvalue weighted by molar-refractivity contribution is 5.95. The molecule has 3 amide bonds. The van der Waals surface area contributed by atoms with Crippen LogP contribution in [0.2, 0.25) is 0 Å². The molecule has 1 aromatic heterocycles. The van der Waals surface area contributed by atoms with E-state index in [1.165, 1.54) is 4.68 Å². The van der Waals surface area contributed by atoms with Crippen molar-refractivity contribution in [3.8, 4) is 0 Å². The highest BCUT2D eigenvalue weighted by Crippen LogP contribution is 2.19. The first-order valence-electron chi connectivity index (χ1n) is 9.40. The summed E-state index contributed by atoms with van der Waals surface area (Å²) in [5, 5.41) is 7.04. The molecule has 3 N–H and O–H groups in total. The molecule has 0 aliphatic carbocycles. The van der Waals surface area contributed by atoms with Gasteiger partial charge in [0.1, 0.15) is 5.82 Å². The zero-order chi connectivity index (χ0) is 20.1. The Bertz CT molecular complexity index is 854. The monoisotopic (exact) mass is 383 g/mol. The number of piperidine rings is 1. The third-order valence-corrected chi connectivity index (χ3v) is 5.03. The molecule has 0 spiro atoms. The molecule has 2 aromatic rings. The van der Waals surface area contributed by atoms with Crippen molar-refractivity contribution in [1.29, 1.82) is 0 Å². The maximum absolute atomic E-state index is 12.7. The van der Waals surface area contributed by atoms with Crippen LogP contribution in [0.5, 0.6) is 0 Å². The van der Waals surface area contributed by atoms with Crippen molar-refractivity contribution in [2.45, 2.75) is 25.7 Å². The van der Waals surface area contributed by atoms with E-state index >= 15 is 0 Å². The highest BCUT2D eigenvalue weighted by atomic mass is 16.2. The minimum absolute atomic E-state index is 0.131. The summed E-state index contributed by atoms with van der Waals surface area (Å²) in [6, 6.07) is 11.4. The fourth-order valence-electron chi connectivity index (χ4n) is 3.33. The number of anilines is 1. The number of hydrogen-bond donors (Lipinski definition) is 2. The number of hydrogen-bond acceptors (Lipinski definition) is 4. The number of benzene rings is 1. The molecule has 1 aliphatic rings. The predicted octanol–water partition coefficient (Wildman–Crippen LogP) is 1.33. The Morgan fingerprint density at radius 1 is 1.18 bits per heavy atom. The van der Waals surface area contributed by atoms with Crippen molar-refractivity contribution in [2.24, 2.45) is 18.7 Å². The molecule has 0 bridgehead atoms. The van der Waals surface area contributed by atoms with Crippen LogP contribution in [0.15, 0.2) is 36.4 Å². The van der Waals surface area contributed by atoms with Gasteiger partial charge >= 0.3 is 0 Å². The molecule has 1 aromatic carbocycles. The molecule has 1 fully saturated rings. The van der Waals surface area contributed by atoms with Gasteiger partial charge in [0.25, 0.3) is 5.91 Å². The zero-order valence-electron chi connectivity index (χ0n) is 15.9. The van der Waals surface area contributed by atoms with Gasteiger partial charge in [0.05, 0.1) is 0 Å². The molecule has 2 heterocycles. The number of aryl methyl sites for hydroxylation is 2. The van der Waals surface area contributed by atoms with Gasteiger partial charge in [0.15, 0.2) is 5.69 Å². The minimum atomic E-state index is -0.314. The van der Waals surface area contributed by atoms with Gasteiger partial charge < -0.3 is 16.0 Å². The van der Waals surface area contributed by atoms with Gasteiger partial charge in [-0.1, -0.05) is 30.3 Å². The van der Waals surface area contributed by atoms with E-state index in [0.717, 1.165) is 5.56 Å². The Morgan fingerprint density at radius 2 is 1.86 bits per heavy atom. The van der Waals surface area contributed by atoms with E-state index in [1.807, 2.05) is 30.3 Å².